The molecule has 19 heavy (non-hydrogen) atoms. The fraction of sp³-hybridized carbons (Fsp3) is 0. The Balaban J connectivity index is 2.48. The van der Waals surface area contributed by atoms with Gasteiger partial charge in [-0.2, -0.15) is 0 Å². The summed E-state index contributed by atoms with van der Waals surface area (Å²) in [5, 5.41) is 17.1. The number of rotatable bonds is 2. The van der Waals surface area contributed by atoms with Gasteiger partial charge in [-0.1, -0.05) is 46.4 Å². The summed E-state index contributed by atoms with van der Waals surface area (Å²) < 4.78 is 0. The van der Waals surface area contributed by atoms with Crippen LogP contribution in [0.15, 0.2) is 41.5 Å². The molecule has 0 unspecified atom stereocenters. The van der Waals surface area contributed by atoms with Crippen LogP contribution in [0.1, 0.15) is 0 Å². The second-order valence-electron chi connectivity index (χ2n) is 3.56. The lowest BCUT2D eigenvalue weighted by Gasteiger charge is -2.03. The number of azo groups is 1. The summed E-state index contributed by atoms with van der Waals surface area (Å²) in [4.78, 5) is 0.353. The van der Waals surface area contributed by atoms with Crippen LogP contribution in [0.5, 0.6) is 0 Å². The van der Waals surface area contributed by atoms with Crippen molar-refractivity contribution in [3.63, 3.8) is 0 Å². The zero-order chi connectivity index (χ0) is 14.0. The Kier molecular flexibility index (Phi) is 4.53. The van der Waals surface area contributed by atoms with Crippen molar-refractivity contribution in [3.8, 4) is 0 Å². The van der Waals surface area contributed by atoms with Crippen LogP contribution >= 0.6 is 46.4 Å². The molecule has 0 aliphatic carbocycles. The van der Waals surface area contributed by atoms with Crippen molar-refractivity contribution in [3.05, 3.63) is 61.7 Å². The molecular weight excluding hydrogens is 330 g/mol. The van der Waals surface area contributed by atoms with Gasteiger partial charge >= 0.3 is 0 Å². The van der Waals surface area contributed by atoms with E-state index in [-0.39, 0.29) is 16.4 Å². The van der Waals surface area contributed by atoms with E-state index in [2.05, 4.69) is 5.11 Å². The number of hydrogen-bond acceptors (Lipinski definition) is 2. The molecule has 2 rings (SSSR count). The van der Waals surface area contributed by atoms with Crippen LogP contribution in [0.3, 0.4) is 0 Å². The molecule has 0 heterocycles. The summed E-state index contributed by atoms with van der Waals surface area (Å²) in [5.41, 5.74) is 0.380. The number of halogens is 4. The van der Waals surface area contributed by atoms with Gasteiger partial charge in [0.25, 0.3) is 5.69 Å². The van der Waals surface area contributed by atoms with Crippen LogP contribution < -0.4 is 0 Å². The molecule has 3 nitrogen and oxygen atoms in total. The molecule has 0 radical (unpaired) electrons. The van der Waals surface area contributed by atoms with Crippen LogP contribution in [0.4, 0.5) is 11.4 Å². The summed E-state index contributed by atoms with van der Waals surface area (Å²) in [6, 6.07) is 9.14. The highest BCUT2D eigenvalue weighted by Gasteiger charge is 2.12. The van der Waals surface area contributed by atoms with Crippen molar-refractivity contribution in [1.82, 2.24) is 0 Å². The van der Waals surface area contributed by atoms with Gasteiger partial charge in [-0.25, -0.2) is 0 Å². The molecule has 0 amide bonds. The van der Waals surface area contributed by atoms with E-state index in [0.717, 1.165) is 0 Å². The van der Waals surface area contributed by atoms with Crippen LogP contribution in [0.25, 0.3) is 0 Å². The lowest BCUT2D eigenvalue weighted by molar-refractivity contribution is -0.435. The smallest absolute Gasteiger partial charge is 0.264 e. The lowest BCUT2D eigenvalue weighted by atomic mass is 10.3. The third-order valence-electron chi connectivity index (χ3n) is 2.22. The van der Waals surface area contributed by atoms with Gasteiger partial charge in [0.05, 0.1) is 5.02 Å². The minimum atomic E-state index is 0.130. The molecule has 7 heteroatoms. The summed E-state index contributed by atoms with van der Waals surface area (Å²) in [5.74, 6) is 0. The molecule has 0 saturated heterocycles. The summed E-state index contributed by atoms with van der Waals surface area (Å²) in [6.45, 7) is 0. The van der Waals surface area contributed by atoms with E-state index in [4.69, 9.17) is 46.4 Å². The highest BCUT2D eigenvalue weighted by molar-refractivity contribution is 6.35. The minimum absolute atomic E-state index is 0.130. The second kappa shape index (κ2) is 5.97. The Hall–Kier alpha value is -1.00. The van der Waals surface area contributed by atoms with Gasteiger partial charge in [-0.15, -0.1) is 0 Å². The third kappa shape index (κ3) is 3.51. The van der Waals surface area contributed by atoms with Crippen molar-refractivity contribution in [2.45, 2.75) is 0 Å². The SMILES string of the molecule is [O-][N+](=Nc1cc(Cl)ccc1Cl)c1cc(Cl)ccc1Cl. The Morgan fingerprint density at radius 1 is 0.842 bits per heavy atom. The minimum Gasteiger partial charge on any atom is -0.594 e. The van der Waals surface area contributed by atoms with Crippen LogP contribution in [-0.2, 0) is 0 Å². The first-order chi connectivity index (χ1) is 8.97. The van der Waals surface area contributed by atoms with Crippen LogP contribution in [0, 0.1) is 5.21 Å². The Morgan fingerprint density at radius 3 is 2.11 bits per heavy atom. The molecule has 0 spiro atoms. The maximum Gasteiger partial charge on any atom is 0.264 e. The molecule has 2 aromatic carbocycles. The monoisotopic (exact) mass is 334 g/mol. The summed E-state index contributed by atoms with van der Waals surface area (Å²) in [6.07, 6.45) is 0. The van der Waals surface area contributed by atoms with Crippen molar-refractivity contribution in [1.29, 1.82) is 0 Å². The zero-order valence-electron chi connectivity index (χ0n) is 9.28. The molecule has 0 saturated carbocycles. The average Bonchev–Trinajstić information content (AvgIpc) is 2.36. The predicted octanol–water partition coefficient (Wildman–Crippen LogP) is 6.23. The van der Waals surface area contributed by atoms with E-state index in [1.807, 2.05) is 0 Å². The highest BCUT2D eigenvalue weighted by atomic mass is 35.5. The molecule has 0 fully saturated rings. The molecule has 0 aromatic heterocycles. The van der Waals surface area contributed by atoms with Crippen molar-refractivity contribution < 1.29 is 4.86 Å². The first-order valence-corrected chi connectivity index (χ1v) is 6.57. The first kappa shape index (κ1) is 14.4. The topological polar surface area (TPSA) is 38.4 Å². The van der Waals surface area contributed by atoms with Crippen LogP contribution in [0.2, 0.25) is 20.1 Å². The molecule has 0 N–H and O–H groups in total. The highest BCUT2D eigenvalue weighted by Crippen LogP contribution is 2.32. The molecule has 0 aliphatic heterocycles. The largest absolute Gasteiger partial charge is 0.594 e. The van der Waals surface area contributed by atoms with Gasteiger partial charge in [0.1, 0.15) is 5.02 Å². The maximum absolute atomic E-state index is 12.0. The predicted molar refractivity (Wildman–Crippen MR) is 78.3 cm³/mol. The quantitative estimate of drug-likeness (QED) is 0.364. The second-order valence-corrected chi connectivity index (χ2v) is 5.25. The molecule has 0 bridgehead atoms. The molecule has 0 aliphatic rings. The third-order valence-corrected chi connectivity index (χ3v) is 3.33. The molecular formula is C12H6Cl4N2O. The fourth-order valence-electron chi connectivity index (χ4n) is 1.35. The van der Waals surface area contributed by atoms with Gasteiger partial charge in [0.2, 0.25) is 0 Å². The number of benzene rings is 2. The lowest BCUT2D eigenvalue weighted by Crippen LogP contribution is -1.91. The van der Waals surface area contributed by atoms with Gasteiger partial charge in [-0.3, -0.25) is 0 Å². The van der Waals surface area contributed by atoms with Gasteiger partial charge in [0.15, 0.2) is 5.69 Å². The van der Waals surface area contributed by atoms with Gasteiger partial charge < -0.3 is 5.21 Å². The Labute approximate surface area is 129 Å². The molecule has 2 aromatic rings. The maximum atomic E-state index is 12.0. The van der Waals surface area contributed by atoms with E-state index in [1.54, 1.807) is 18.2 Å². The number of nitrogens with zero attached hydrogens (tertiary/aromatic N) is 2. The molecule has 98 valence electrons. The summed E-state index contributed by atoms with van der Waals surface area (Å²) >= 11 is 23.5. The standard InChI is InChI=1S/C12H6Cl4N2O/c13-7-1-3-9(15)11(5-7)17-18(19)12-6-8(14)2-4-10(12)16/h1-6H. The van der Waals surface area contributed by atoms with Crippen molar-refractivity contribution in [2.24, 2.45) is 5.11 Å². The van der Waals surface area contributed by atoms with Gasteiger partial charge in [-0.05, 0) is 35.2 Å². The van der Waals surface area contributed by atoms with E-state index < -0.39 is 0 Å². The normalized spacial score (nSPS) is 11.7. The first-order valence-electron chi connectivity index (χ1n) is 5.06. The van der Waals surface area contributed by atoms with E-state index in [9.17, 15) is 5.21 Å². The average molecular weight is 336 g/mol. The molecule has 0 atom stereocenters. The zero-order valence-corrected chi connectivity index (χ0v) is 12.3. The Morgan fingerprint density at radius 2 is 1.42 bits per heavy atom. The van der Waals surface area contributed by atoms with Gasteiger partial charge in [0, 0.05) is 21.2 Å². The Bertz CT molecular complexity index is 658. The number of hydrogen-bond donors (Lipinski definition) is 0. The van der Waals surface area contributed by atoms with E-state index in [0.29, 0.717) is 19.9 Å². The van der Waals surface area contributed by atoms with Crippen molar-refractivity contribution in [2.75, 3.05) is 0 Å². The van der Waals surface area contributed by atoms with E-state index in [1.165, 1.54) is 18.2 Å². The van der Waals surface area contributed by atoms with Crippen LogP contribution in [-0.4, -0.2) is 4.86 Å². The summed E-state index contributed by atoms with van der Waals surface area (Å²) in [7, 11) is 0. The fourth-order valence-corrected chi connectivity index (χ4v) is 2.02. The van der Waals surface area contributed by atoms with Crippen molar-refractivity contribution >= 4 is 57.8 Å². The van der Waals surface area contributed by atoms with E-state index >= 15 is 0 Å².